The molecule has 0 aliphatic carbocycles. The molecule has 0 saturated carbocycles. The molecule has 2 aromatic rings. The van der Waals surface area contributed by atoms with E-state index in [1.165, 1.54) is 12.3 Å². The predicted molar refractivity (Wildman–Crippen MR) is 114 cm³/mol. The summed E-state index contributed by atoms with van der Waals surface area (Å²) in [6.45, 7) is 7.35. The summed E-state index contributed by atoms with van der Waals surface area (Å²) in [5.41, 5.74) is -0.159. The van der Waals surface area contributed by atoms with E-state index in [1.807, 2.05) is 25.7 Å². The van der Waals surface area contributed by atoms with Crippen LogP contribution >= 0.6 is 0 Å². The van der Waals surface area contributed by atoms with Gasteiger partial charge in [-0.3, -0.25) is 4.79 Å². The maximum absolute atomic E-state index is 13.9. The fourth-order valence-electron chi connectivity index (χ4n) is 3.51. The number of carbonyl (C=O) groups excluding carboxylic acids is 2. The zero-order valence-corrected chi connectivity index (χ0v) is 18.3. The molecular weight excluding hydrogens is 401 g/mol. The van der Waals surface area contributed by atoms with Crippen molar-refractivity contribution >= 4 is 12.0 Å². The molecule has 1 N–H and O–H groups in total. The van der Waals surface area contributed by atoms with Gasteiger partial charge in [0.05, 0.1) is 11.8 Å². The number of likely N-dealkylation sites (tertiary alicyclic amines) is 1. The molecule has 31 heavy (non-hydrogen) atoms. The van der Waals surface area contributed by atoms with Crippen molar-refractivity contribution in [2.75, 3.05) is 19.6 Å². The van der Waals surface area contributed by atoms with Crippen LogP contribution in [0.15, 0.2) is 34.9 Å². The number of ether oxygens (including phenoxy) is 1. The van der Waals surface area contributed by atoms with Gasteiger partial charge in [-0.25, -0.2) is 14.2 Å². The van der Waals surface area contributed by atoms with Gasteiger partial charge in [-0.15, -0.1) is 0 Å². The number of carbonyl (C=O) groups is 2. The maximum atomic E-state index is 13.9. The molecule has 0 bridgehead atoms. The predicted octanol–water partition coefficient (Wildman–Crippen LogP) is 4.18. The number of nitrogens with one attached hydrogen (secondary N) is 1. The van der Waals surface area contributed by atoms with E-state index < -0.39 is 11.7 Å². The van der Waals surface area contributed by atoms with Crippen LogP contribution in [-0.4, -0.2) is 47.1 Å². The van der Waals surface area contributed by atoms with Crippen molar-refractivity contribution in [3.8, 4) is 11.3 Å². The Labute approximate surface area is 182 Å². The number of alkyl carbamates (subject to hydrolysis) is 1. The summed E-state index contributed by atoms with van der Waals surface area (Å²) in [4.78, 5) is 30.3. The molecule has 0 unspecified atom stereocenters. The molecule has 0 spiro atoms. The molecule has 2 heterocycles. The van der Waals surface area contributed by atoms with Crippen molar-refractivity contribution in [1.29, 1.82) is 0 Å². The summed E-state index contributed by atoms with van der Waals surface area (Å²) in [7, 11) is 0. The van der Waals surface area contributed by atoms with E-state index in [1.54, 1.807) is 18.2 Å². The number of aryl methyl sites for hydroxylation is 1. The van der Waals surface area contributed by atoms with Crippen LogP contribution in [0.3, 0.4) is 0 Å². The van der Waals surface area contributed by atoms with Gasteiger partial charge in [-0.1, -0.05) is 12.1 Å². The van der Waals surface area contributed by atoms with Gasteiger partial charge in [0.15, 0.2) is 11.7 Å². The molecular formula is C23H30FN3O4. The normalized spacial score (nSPS) is 15.0. The van der Waals surface area contributed by atoms with Crippen molar-refractivity contribution < 1.29 is 23.1 Å². The minimum atomic E-state index is -0.515. The first-order valence-corrected chi connectivity index (χ1v) is 10.7. The van der Waals surface area contributed by atoms with Gasteiger partial charge in [0, 0.05) is 32.5 Å². The van der Waals surface area contributed by atoms with Crippen LogP contribution in [-0.2, 0) is 16.0 Å². The highest BCUT2D eigenvalue weighted by Gasteiger charge is 2.24. The lowest BCUT2D eigenvalue weighted by Gasteiger charge is -2.32. The SMILES string of the molecule is CC(C)(C)OC(=O)NCC1CCN(C(=O)CCc2ncc(-c3ccccc3F)o2)CC1. The largest absolute Gasteiger partial charge is 0.444 e. The molecule has 2 amide bonds. The first-order valence-electron chi connectivity index (χ1n) is 10.7. The van der Waals surface area contributed by atoms with E-state index in [2.05, 4.69) is 10.3 Å². The van der Waals surface area contributed by atoms with Crippen molar-refractivity contribution in [3.63, 3.8) is 0 Å². The Morgan fingerprint density at radius 3 is 2.65 bits per heavy atom. The summed E-state index contributed by atoms with van der Waals surface area (Å²) >= 11 is 0. The second-order valence-electron chi connectivity index (χ2n) is 8.81. The minimum Gasteiger partial charge on any atom is -0.444 e. The summed E-state index contributed by atoms with van der Waals surface area (Å²) in [5, 5.41) is 2.81. The summed E-state index contributed by atoms with van der Waals surface area (Å²) in [5.74, 6) is 0.781. The fourth-order valence-corrected chi connectivity index (χ4v) is 3.51. The monoisotopic (exact) mass is 431 g/mol. The number of halogens is 1. The van der Waals surface area contributed by atoms with Crippen molar-refractivity contribution in [1.82, 2.24) is 15.2 Å². The average molecular weight is 432 g/mol. The zero-order valence-electron chi connectivity index (χ0n) is 18.3. The second-order valence-corrected chi connectivity index (χ2v) is 8.81. The molecule has 0 atom stereocenters. The van der Waals surface area contributed by atoms with Gasteiger partial charge in [0.1, 0.15) is 11.4 Å². The van der Waals surface area contributed by atoms with E-state index in [4.69, 9.17) is 9.15 Å². The molecule has 1 saturated heterocycles. The van der Waals surface area contributed by atoms with E-state index in [0.717, 1.165) is 12.8 Å². The van der Waals surface area contributed by atoms with Gasteiger partial charge in [0.25, 0.3) is 0 Å². The van der Waals surface area contributed by atoms with E-state index >= 15 is 0 Å². The van der Waals surface area contributed by atoms with Gasteiger partial charge >= 0.3 is 6.09 Å². The molecule has 1 aromatic heterocycles. The number of amides is 2. The number of hydrogen-bond acceptors (Lipinski definition) is 5. The van der Waals surface area contributed by atoms with Crippen molar-refractivity contribution in [3.05, 3.63) is 42.2 Å². The summed E-state index contributed by atoms with van der Waals surface area (Å²) in [6.07, 6.45) is 3.40. The lowest BCUT2D eigenvalue weighted by molar-refractivity contribution is -0.132. The third-order valence-electron chi connectivity index (χ3n) is 5.15. The van der Waals surface area contributed by atoms with Crippen LogP contribution in [0.25, 0.3) is 11.3 Å². The third-order valence-corrected chi connectivity index (χ3v) is 5.15. The number of piperidine rings is 1. The number of benzene rings is 1. The molecule has 1 aromatic carbocycles. The Hall–Kier alpha value is -2.90. The Bertz CT molecular complexity index is 898. The molecule has 1 fully saturated rings. The van der Waals surface area contributed by atoms with Crippen molar-refractivity contribution in [2.45, 2.75) is 52.1 Å². The topological polar surface area (TPSA) is 84.7 Å². The first-order chi connectivity index (χ1) is 14.7. The van der Waals surface area contributed by atoms with Gasteiger partial charge < -0.3 is 19.4 Å². The third kappa shape index (κ3) is 6.80. The smallest absolute Gasteiger partial charge is 0.407 e. The molecule has 168 valence electrons. The number of rotatable bonds is 6. The quantitative estimate of drug-likeness (QED) is 0.742. The van der Waals surface area contributed by atoms with Gasteiger partial charge in [-0.2, -0.15) is 0 Å². The van der Waals surface area contributed by atoms with E-state index in [-0.39, 0.29) is 18.1 Å². The molecule has 1 aliphatic rings. The lowest BCUT2D eigenvalue weighted by Crippen LogP contribution is -2.42. The second kappa shape index (κ2) is 9.94. The Balaban J connectivity index is 1.40. The minimum absolute atomic E-state index is 0.0455. The van der Waals surface area contributed by atoms with Gasteiger partial charge in [0.2, 0.25) is 5.91 Å². The van der Waals surface area contributed by atoms with Crippen LogP contribution in [0.2, 0.25) is 0 Å². The maximum Gasteiger partial charge on any atom is 0.407 e. The van der Waals surface area contributed by atoms with Crippen LogP contribution in [0.5, 0.6) is 0 Å². The highest BCUT2D eigenvalue weighted by atomic mass is 19.1. The standard InChI is InChI=1S/C23H30FN3O4/c1-23(2,3)31-22(29)26-14-16-10-12-27(13-11-16)21(28)9-8-20-25-15-19(30-20)17-6-4-5-7-18(17)24/h4-7,15-16H,8-14H2,1-3H3,(H,26,29). The zero-order chi connectivity index (χ0) is 22.4. The average Bonchev–Trinajstić information content (AvgIpc) is 3.19. The molecule has 0 radical (unpaired) electrons. The summed E-state index contributed by atoms with van der Waals surface area (Å²) in [6, 6.07) is 6.35. The van der Waals surface area contributed by atoms with Crippen molar-refractivity contribution in [2.24, 2.45) is 5.92 Å². The number of nitrogens with zero attached hydrogens (tertiary/aromatic N) is 2. The molecule has 8 heteroatoms. The fraction of sp³-hybridized carbons (Fsp3) is 0.522. The Morgan fingerprint density at radius 1 is 1.26 bits per heavy atom. The van der Waals surface area contributed by atoms with Gasteiger partial charge in [-0.05, 0) is 51.7 Å². The highest BCUT2D eigenvalue weighted by Crippen LogP contribution is 2.24. The number of oxazole rings is 1. The first kappa shape index (κ1) is 22.8. The highest BCUT2D eigenvalue weighted by molar-refractivity contribution is 5.76. The molecule has 3 rings (SSSR count). The molecule has 1 aliphatic heterocycles. The molecule has 7 nitrogen and oxygen atoms in total. The number of hydrogen-bond donors (Lipinski definition) is 1. The van der Waals surface area contributed by atoms with Crippen LogP contribution in [0.1, 0.15) is 45.9 Å². The Kier molecular flexibility index (Phi) is 7.30. The Morgan fingerprint density at radius 2 is 1.97 bits per heavy atom. The van der Waals surface area contributed by atoms with E-state index in [0.29, 0.717) is 49.2 Å². The lowest BCUT2D eigenvalue weighted by atomic mass is 9.96. The number of aromatic nitrogens is 1. The van der Waals surface area contributed by atoms with Crippen LogP contribution in [0.4, 0.5) is 9.18 Å². The van der Waals surface area contributed by atoms with Crippen LogP contribution in [0, 0.1) is 11.7 Å². The van der Waals surface area contributed by atoms with E-state index in [9.17, 15) is 14.0 Å². The summed E-state index contributed by atoms with van der Waals surface area (Å²) < 4.78 is 24.7. The van der Waals surface area contributed by atoms with Crippen LogP contribution < -0.4 is 5.32 Å².